The van der Waals surface area contributed by atoms with E-state index in [4.69, 9.17) is 21.1 Å². The van der Waals surface area contributed by atoms with Gasteiger partial charge in [-0.25, -0.2) is 4.98 Å². The SMILES string of the molecule is Cc1ccc(Cl)cc1NC(=O)COc1ccc(Oc2ccccn2)cc1. The number of ether oxygens (including phenoxy) is 2. The number of halogens is 1. The molecule has 2 aromatic carbocycles. The van der Waals surface area contributed by atoms with E-state index >= 15 is 0 Å². The second kappa shape index (κ2) is 8.36. The Morgan fingerprint density at radius 1 is 1.08 bits per heavy atom. The van der Waals surface area contributed by atoms with Crippen molar-refractivity contribution in [3.63, 3.8) is 0 Å². The molecule has 0 atom stereocenters. The number of pyridine rings is 1. The van der Waals surface area contributed by atoms with Crippen LogP contribution in [-0.2, 0) is 4.79 Å². The molecule has 26 heavy (non-hydrogen) atoms. The maximum Gasteiger partial charge on any atom is 0.262 e. The van der Waals surface area contributed by atoms with E-state index in [2.05, 4.69) is 10.3 Å². The average molecular weight is 369 g/mol. The topological polar surface area (TPSA) is 60.5 Å². The highest BCUT2D eigenvalue weighted by atomic mass is 35.5. The highest BCUT2D eigenvalue weighted by Crippen LogP contribution is 2.23. The molecule has 0 aliphatic carbocycles. The van der Waals surface area contributed by atoms with Gasteiger partial charge in [-0.3, -0.25) is 4.79 Å². The van der Waals surface area contributed by atoms with Crippen LogP contribution in [0.5, 0.6) is 17.4 Å². The molecule has 0 fully saturated rings. The summed E-state index contributed by atoms with van der Waals surface area (Å²) in [6.45, 7) is 1.79. The molecule has 0 aliphatic rings. The van der Waals surface area contributed by atoms with Gasteiger partial charge in [-0.05, 0) is 55.0 Å². The van der Waals surface area contributed by atoms with E-state index in [0.717, 1.165) is 5.56 Å². The first kappa shape index (κ1) is 17.8. The second-order valence-electron chi connectivity index (χ2n) is 5.54. The molecule has 3 aromatic rings. The van der Waals surface area contributed by atoms with Crippen LogP contribution in [-0.4, -0.2) is 17.5 Å². The van der Waals surface area contributed by atoms with Gasteiger partial charge in [-0.15, -0.1) is 0 Å². The first-order valence-corrected chi connectivity index (χ1v) is 8.36. The summed E-state index contributed by atoms with van der Waals surface area (Å²) in [7, 11) is 0. The van der Waals surface area contributed by atoms with Gasteiger partial charge in [0.15, 0.2) is 6.61 Å². The zero-order valence-corrected chi connectivity index (χ0v) is 14.9. The van der Waals surface area contributed by atoms with Crippen LogP contribution in [0.3, 0.4) is 0 Å². The average Bonchev–Trinajstić information content (AvgIpc) is 2.65. The van der Waals surface area contributed by atoms with E-state index < -0.39 is 0 Å². The molecular formula is C20H17ClN2O3. The van der Waals surface area contributed by atoms with Crippen molar-refractivity contribution in [1.29, 1.82) is 0 Å². The van der Waals surface area contributed by atoms with Crippen molar-refractivity contribution in [3.8, 4) is 17.4 Å². The minimum atomic E-state index is -0.260. The van der Waals surface area contributed by atoms with Crippen molar-refractivity contribution in [2.24, 2.45) is 0 Å². The quantitative estimate of drug-likeness (QED) is 0.675. The molecule has 6 heteroatoms. The third-order valence-corrected chi connectivity index (χ3v) is 3.76. The number of carbonyl (C=O) groups is 1. The highest BCUT2D eigenvalue weighted by Gasteiger charge is 2.07. The predicted molar refractivity (Wildman–Crippen MR) is 101 cm³/mol. The Morgan fingerprint density at radius 2 is 1.85 bits per heavy atom. The summed E-state index contributed by atoms with van der Waals surface area (Å²) in [5, 5.41) is 3.35. The fraction of sp³-hybridized carbons (Fsp3) is 0.100. The van der Waals surface area contributed by atoms with Gasteiger partial charge in [0.2, 0.25) is 5.88 Å². The number of aromatic nitrogens is 1. The van der Waals surface area contributed by atoms with Gasteiger partial charge in [-0.1, -0.05) is 23.7 Å². The van der Waals surface area contributed by atoms with Crippen LogP contribution in [0, 0.1) is 6.92 Å². The first-order chi connectivity index (χ1) is 12.6. The number of hydrogen-bond acceptors (Lipinski definition) is 4. The summed E-state index contributed by atoms with van der Waals surface area (Å²) in [5.74, 6) is 1.45. The zero-order valence-electron chi connectivity index (χ0n) is 14.1. The number of carbonyl (C=O) groups excluding carboxylic acids is 1. The van der Waals surface area contributed by atoms with Crippen LogP contribution in [0.15, 0.2) is 66.9 Å². The van der Waals surface area contributed by atoms with Crippen molar-refractivity contribution in [1.82, 2.24) is 4.98 Å². The monoisotopic (exact) mass is 368 g/mol. The van der Waals surface area contributed by atoms with Gasteiger partial charge in [0.25, 0.3) is 5.91 Å². The molecule has 1 heterocycles. The number of rotatable bonds is 6. The van der Waals surface area contributed by atoms with Crippen molar-refractivity contribution in [2.75, 3.05) is 11.9 Å². The molecule has 0 bridgehead atoms. The Labute approximate surface area is 156 Å². The molecule has 132 valence electrons. The molecule has 0 unspecified atom stereocenters. The van der Waals surface area contributed by atoms with Gasteiger partial charge in [0, 0.05) is 23.0 Å². The number of nitrogens with one attached hydrogen (secondary N) is 1. The Hall–Kier alpha value is -3.05. The minimum Gasteiger partial charge on any atom is -0.484 e. The Morgan fingerprint density at radius 3 is 2.58 bits per heavy atom. The van der Waals surface area contributed by atoms with Crippen molar-refractivity contribution < 1.29 is 14.3 Å². The largest absolute Gasteiger partial charge is 0.484 e. The molecule has 1 aromatic heterocycles. The van der Waals surface area contributed by atoms with E-state index in [1.54, 1.807) is 48.7 Å². The van der Waals surface area contributed by atoms with Crippen LogP contribution in [0.4, 0.5) is 5.69 Å². The maximum atomic E-state index is 12.0. The number of aryl methyl sites for hydroxylation is 1. The van der Waals surface area contributed by atoms with E-state index in [9.17, 15) is 4.79 Å². The summed E-state index contributed by atoms with van der Waals surface area (Å²) < 4.78 is 11.1. The number of anilines is 1. The smallest absolute Gasteiger partial charge is 0.262 e. The fourth-order valence-corrected chi connectivity index (χ4v) is 2.37. The number of benzene rings is 2. The fourth-order valence-electron chi connectivity index (χ4n) is 2.20. The summed E-state index contributed by atoms with van der Waals surface area (Å²) in [6.07, 6.45) is 1.66. The first-order valence-electron chi connectivity index (χ1n) is 7.98. The summed E-state index contributed by atoms with van der Waals surface area (Å²) >= 11 is 5.95. The minimum absolute atomic E-state index is 0.105. The molecule has 0 saturated heterocycles. The lowest BCUT2D eigenvalue weighted by Crippen LogP contribution is -2.20. The molecule has 0 aliphatic heterocycles. The van der Waals surface area contributed by atoms with E-state index in [1.807, 2.05) is 25.1 Å². The van der Waals surface area contributed by atoms with Crippen LogP contribution in [0.25, 0.3) is 0 Å². The molecule has 1 N–H and O–H groups in total. The van der Waals surface area contributed by atoms with Crippen molar-refractivity contribution in [3.05, 3.63) is 77.4 Å². The van der Waals surface area contributed by atoms with Crippen molar-refractivity contribution in [2.45, 2.75) is 6.92 Å². The summed E-state index contributed by atoms with van der Waals surface area (Å²) in [5.41, 5.74) is 1.60. The van der Waals surface area contributed by atoms with Crippen molar-refractivity contribution >= 4 is 23.2 Å². The molecular weight excluding hydrogens is 352 g/mol. The molecule has 0 saturated carbocycles. The third kappa shape index (κ3) is 4.97. The Bertz CT molecular complexity index is 883. The van der Waals surface area contributed by atoms with E-state index in [1.165, 1.54) is 0 Å². The molecule has 0 spiro atoms. The van der Waals surface area contributed by atoms with Gasteiger partial charge >= 0.3 is 0 Å². The lowest BCUT2D eigenvalue weighted by molar-refractivity contribution is -0.118. The van der Waals surface area contributed by atoms with E-state index in [-0.39, 0.29) is 12.5 Å². The molecule has 0 radical (unpaired) electrons. The van der Waals surface area contributed by atoms with Crippen LogP contribution < -0.4 is 14.8 Å². The highest BCUT2D eigenvalue weighted by molar-refractivity contribution is 6.31. The van der Waals surface area contributed by atoms with Gasteiger partial charge in [0.05, 0.1) is 0 Å². The predicted octanol–water partition coefficient (Wildman–Crippen LogP) is 4.85. The Kier molecular flexibility index (Phi) is 5.71. The van der Waals surface area contributed by atoms with Crippen LogP contribution in [0.2, 0.25) is 5.02 Å². The summed E-state index contributed by atoms with van der Waals surface area (Å²) in [4.78, 5) is 16.1. The van der Waals surface area contributed by atoms with Crippen LogP contribution >= 0.6 is 11.6 Å². The zero-order chi connectivity index (χ0) is 18.4. The van der Waals surface area contributed by atoms with E-state index in [0.29, 0.717) is 28.1 Å². The number of nitrogens with zero attached hydrogens (tertiary/aromatic N) is 1. The lowest BCUT2D eigenvalue weighted by atomic mass is 10.2. The van der Waals surface area contributed by atoms with Gasteiger partial charge < -0.3 is 14.8 Å². The standard InChI is InChI=1S/C20H17ClN2O3/c1-14-5-6-15(21)12-18(14)23-19(24)13-25-16-7-9-17(10-8-16)26-20-4-2-3-11-22-20/h2-12H,13H2,1H3,(H,23,24). The molecule has 1 amide bonds. The van der Waals surface area contributed by atoms with Gasteiger partial charge in [0.1, 0.15) is 11.5 Å². The van der Waals surface area contributed by atoms with Crippen LogP contribution in [0.1, 0.15) is 5.56 Å². The third-order valence-electron chi connectivity index (χ3n) is 3.53. The maximum absolute atomic E-state index is 12.0. The Balaban J connectivity index is 1.53. The second-order valence-corrected chi connectivity index (χ2v) is 5.97. The number of amides is 1. The molecule has 5 nitrogen and oxygen atoms in total. The summed E-state index contributed by atoms with van der Waals surface area (Å²) in [6, 6.07) is 17.7. The molecule has 3 rings (SSSR count). The lowest BCUT2D eigenvalue weighted by Gasteiger charge is -2.10. The number of hydrogen-bond donors (Lipinski definition) is 1. The normalized spacial score (nSPS) is 10.2. The van der Waals surface area contributed by atoms with Gasteiger partial charge in [-0.2, -0.15) is 0 Å².